The Hall–Kier alpha value is -1.53. The summed E-state index contributed by atoms with van der Waals surface area (Å²) in [6.45, 7) is 0. The number of thioether (sulfide) groups is 1. The molecule has 0 spiro atoms. The third-order valence-electron chi connectivity index (χ3n) is 3.60. The average molecular weight is 278 g/mol. The van der Waals surface area contributed by atoms with Gasteiger partial charge in [0.2, 0.25) is 0 Å². The van der Waals surface area contributed by atoms with Gasteiger partial charge < -0.3 is 14.8 Å². The summed E-state index contributed by atoms with van der Waals surface area (Å²) in [5.41, 5.74) is 0.537. The number of rotatable bonds is 3. The van der Waals surface area contributed by atoms with Gasteiger partial charge in [-0.1, -0.05) is 0 Å². The fourth-order valence-corrected chi connectivity index (χ4v) is 3.41. The largest absolute Gasteiger partial charge is 0.481 e. The van der Waals surface area contributed by atoms with Crippen LogP contribution in [0.3, 0.4) is 0 Å². The molecule has 1 aliphatic heterocycles. The molecule has 3 heterocycles. The van der Waals surface area contributed by atoms with E-state index in [1.54, 1.807) is 28.7 Å². The molecule has 0 saturated heterocycles. The van der Waals surface area contributed by atoms with E-state index in [9.17, 15) is 9.90 Å². The zero-order valence-electron chi connectivity index (χ0n) is 10.5. The molecule has 1 aliphatic rings. The molecule has 19 heavy (non-hydrogen) atoms. The van der Waals surface area contributed by atoms with Crippen LogP contribution in [0.25, 0.3) is 10.9 Å². The Morgan fingerprint density at radius 3 is 3.05 bits per heavy atom. The predicted molar refractivity (Wildman–Crippen MR) is 72.3 cm³/mol. The van der Waals surface area contributed by atoms with E-state index in [1.165, 1.54) is 0 Å². The minimum Gasteiger partial charge on any atom is -0.481 e. The molecule has 0 bridgehead atoms. The number of fused-ring (bicyclic) bond motifs is 3. The first-order valence-electron chi connectivity index (χ1n) is 6.02. The van der Waals surface area contributed by atoms with E-state index < -0.39 is 11.7 Å². The second-order valence-corrected chi connectivity index (χ2v) is 5.65. The van der Waals surface area contributed by atoms with Gasteiger partial charge in [-0.05, 0) is 18.7 Å². The molecule has 3 rings (SSSR count). The Morgan fingerprint density at radius 2 is 2.37 bits per heavy atom. The highest BCUT2D eigenvalue weighted by molar-refractivity contribution is 7.98. The van der Waals surface area contributed by atoms with E-state index in [4.69, 9.17) is 5.11 Å². The molecule has 6 heteroatoms. The van der Waals surface area contributed by atoms with Gasteiger partial charge in [0.1, 0.15) is 0 Å². The van der Waals surface area contributed by atoms with Crippen molar-refractivity contribution in [1.82, 2.24) is 9.55 Å². The number of nitrogens with zero attached hydrogens (tertiary/aromatic N) is 2. The number of pyridine rings is 1. The molecule has 0 saturated carbocycles. The van der Waals surface area contributed by atoms with Crippen molar-refractivity contribution >= 4 is 28.6 Å². The second-order valence-electron chi connectivity index (χ2n) is 4.80. The number of aliphatic hydroxyl groups is 1. The maximum Gasteiger partial charge on any atom is 0.308 e. The first-order chi connectivity index (χ1) is 9.05. The SMILES string of the molecule is CSc1cncc2cc3n(c12)C(O)(CC(=O)O)CC3. The number of carbonyl (C=O) groups is 1. The van der Waals surface area contributed by atoms with Crippen LogP contribution < -0.4 is 0 Å². The van der Waals surface area contributed by atoms with Crippen molar-refractivity contribution in [2.24, 2.45) is 0 Å². The quantitative estimate of drug-likeness (QED) is 0.838. The topological polar surface area (TPSA) is 75.3 Å². The zero-order valence-corrected chi connectivity index (χ0v) is 11.3. The molecule has 5 nitrogen and oxygen atoms in total. The van der Waals surface area contributed by atoms with Crippen molar-refractivity contribution in [3.05, 3.63) is 24.2 Å². The number of aromatic nitrogens is 2. The van der Waals surface area contributed by atoms with Crippen LogP contribution in [-0.2, 0) is 16.9 Å². The van der Waals surface area contributed by atoms with Gasteiger partial charge >= 0.3 is 5.97 Å². The van der Waals surface area contributed by atoms with Gasteiger partial charge in [0.05, 0.1) is 11.9 Å². The standard InChI is InChI=1S/C13H14N2O3S/c1-19-10-7-14-6-8-4-9-2-3-13(18,5-11(16)17)15(9)12(8)10/h4,6-7,18H,2-3,5H2,1H3,(H,16,17). The van der Waals surface area contributed by atoms with Crippen LogP contribution in [0.2, 0.25) is 0 Å². The Balaban J connectivity index is 2.26. The summed E-state index contributed by atoms with van der Waals surface area (Å²) in [6.07, 6.45) is 6.30. The normalized spacial score (nSPS) is 21.8. The van der Waals surface area contributed by atoms with Crippen molar-refractivity contribution in [3.8, 4) is 0 Å². The maximum absolute atomic E-state index is 11.0. The lowest BCUT2D eigenvalue weighted by molar-refractivity contribution is -0.146. The van der Waals surface area contributed by atoms with E-state index in [0.717, 1.165) is 21.5 Å². The molecule has 0 aliphatic carbocycles. The average Bonchev–Trinajstić information content (AvgIpc) is 2.86. The van der Waals surface area contributed by atoms with Crippen molar-refractivity contribution in [2.45, 2.75) is 29.9 Å². The van der Waals surface area contributed by atoms with E-state index >= 15 is 0 Å². The van der Waals surface area contributed by atoms with Crippen molar-refractivity contribution < 1.29 is 15.0 Å². The number of aliphatic carboxylic acids is 1. The summed E-state index contributed by atoms with van der Waals surface area (Å²) in [6, 6.07) is 1.99. The van der Waals surface area contributed by atoms with Gasteiger partial charge in [-0.2, -0.15) is 0 Å². The molecule has 2 aromatic heterocycles. The summed E-state index contributed by atoms with van der Waals surface area (Å²) >= 11 is 1.55. The van der Waals surface area contributed by atoms with Crippen molar-refractivity contribution in [2.75, 3.05) is 6.26 Å². The van der Waals surface area contributed by atoms with Crippen LogP contribution in [0.1, 0.15) is 18.5 Å². The Labute approximate surface area is 114 Å². The highest BCUT2D eigenvalue weighted by atomic mass is 32.2. The molecule has 0 radical (unpaired) electrons. The van der Waals surface area contributed by atoms with Crippen LogP contribution in [0.4, 0.5) is 0 Å². The molecule has 1 atom stereocenters. The predicted octanol–water partition coefficient (Wildman–Crippen LogP) is 1.82. The third-order valence-corrected chi connectivity index (χ3v) is 4.34. The molecular formula is C13H14N2O3S. The Kier molecular flexibility index (Phi) is 2.79. The van der Waals surface area contributed by atoms with E-state index in [1.807, 2.05) is 12.3 Å². The summed E-state index contributed by atoms with van der Waals surface area (Å²) < 4.78 is 1.78. The fourth-order valence-electron chi connectivity index (χ4n) is 2.84. The zero-order chi connectivity index (χ0) is 13.6. The minimum absolute atomic E-state index is 0.278. The minimum atomic E-state index is -1.32. The smallest absolute Gasteiger partial charge is 0.308 e. The number of hydrogen-bond acceptors (Lipinski definition) is 4. The highest BCUT2D eigenvalue weighted by Crippen LogP contribution is 2.40. The van der Waals surface area contributed by atoms with Gasteiger partial charge in [-0.25, -0.2) is 0 Å². The summed E-state index contributed by atoms with van der Waals surface area (Å²) in [5.74, 6) is -0.989. The van der Waals surface area contributed by atoms with Gasteiger partial charge in [0.25, 0.3) is 0 Å². The number of carboxylic acid groups (broad SMARTS) is 1. The molecule has 0 aromatic carbocycles. The highest BCUT2D eigenvalue weighted by Gasteiger charge is 2.40. The second kappa shape index (κ2) is 4.25. The van der Waals surface area contributed by atoms with Crippen LogP contribution >= 0.6 is 11.8 Å². The molecule has 100 valence electrons. The lowest BCUT2D eigenvalue weighted by Gasteiger charge is -2.25. The monoisotopic (exact) mass is 278 g/mol. The van der Waals surface area contributed by atoms with Gasteiger partial charge in [0.15, 0.2) is 5.72 Å². The first-order valence-corrected chi connectivity index (χ1v) is 7.24. The fraction of sp³-hybridized carbons (Fsp3) is 0.385. The molecule has 0 amide bonds. The molecular weight excluding hydrogens is 264 g/mol. The Bertz CT molecular complexity index is 667. The van der Waals surface area contributed by atoms with Gasteiger partial charge in [0, 0.05) is 34.8 Å². The van der Waals surface area contributed by atoms with Crippen LogP contribution in [0, 0.1) is 0 Å². The summed E-state index contributed by atoms with van der Waals surface area (Å²) in [4.78, 5) is 16.1. The maximum atomic E-state index is 11.0. The Morgan fingerprint density at radius 1 is 1.58 bits per heavy atom. The summed E-state index contributed by atoms with van der Waals surface area (Å²) in [5, 5.41) is 20.6. The number of carboxylic acids is 1. The lowest BCUT2D eigenvalue weighted by atomic mass is 10.1. The first kappa shape index (κ1) is 12.5. The van der Waals surface area contributed by atoms with Crippen LogP contribution in [0.5, 0.6) is 0 Å². The van der Waals surface area contributed by atoms with E-state index in [-0.39, 0.29) is 6.42 Å². The van der Waals surface area contributed by atoms with Crippen LogP contribution in [-0.4, -0.2) is 32.0 Å². The molecule has 0 fully saturated rings. The number of hydrogen-bond donors (Lipinski definition) is 2. The number of aryl methyl sites for hydroxylation is 1. The van der Waals surface area contributed by atoms with Gasteiger partial charge in [-0.15, -0.1) is 11.8 Å². The van der Waals surface area contributed by atoms with Gasteiger partial charge in [-0.3, -0.25) is 9.78 Å². The van der Waals surface area contributed by atoms with E-state index in [2.05, 4.69) is 4.98 Å². The third kappa shape index (κ3) is 1.82. The molecule has 1 unspecified atom stereocenters. The lowest BCUT2D eigenvalue weighted by Crippen LogP contribution is -2.32. The van der Waals surface area contributed by atoms with E-state index in [0.29, 0.717) is 12.8 Å². The van der Waals surface area contributed by atoms with Crippen LogP contribution in [0.15, 0.2) is 23.4 Å². The molecule has 2 N–H and O–H groups in total. The van der Waals surface area contributed by atoms with Crippen molar-refractivity contribution in [1.29, 1.82) is 0 Å². The van der Waals surface area contributed by atoms with Crippen molar-refractivity contribution in [3.63, 3.8) is 0 Å². The molecule has 2 aromatic rings. The summed E-state index contributed by atoms with van der Waals surface area (Å²) in [7, 11) is 0.